The highest BCUT2D eigenvalue weighted by molar-refractivity contribution is 5.74. The van der Waals surface area contributed by atoms with Crippen molar-refractivity contribution in [3.63, 3.8) is 0 Å². The molecule has 0 aliphatic carbocycles. The molecule has 1 rings (SSSR count). The van der Waals surface area contributed by atoms with E-state index in [0.717, 1.165) is 32.6 Å². The number of amides is 2. The fraction of sp³-hybridized carbons (Fsp3) is 0.909. The van der Waals surface area contributed by atoms with E-state index in [9.17, 15) is 4.79 Å². The lowest BCUT2D eigenvalue weighted by Crippen LogP contribution is -2.46. The first-order valence-electron chi connectivity index (χ1n) is 5.61. The summed E-state index contributed by atoms with van der Waals surface area (Å²) in [5.41, 5.74) is -0.166. The molecule has 2 N–H and O–H groups in total. The van der Waals surface area contributed by atoms with Gasteiger partial charge in [-0.3, -0.25) is 0 Å². The van der Waals surface area contributed by atoms with Gasteiger partial charge in [0, 0.05) is 25.3 Å². The molecule has 1 heterocycles. The molecule has 0 bridgehead atoms. The highest BCUT2D eigenvalue weighted by atomic mass is 16.5. The molecule has 1 aliphatic rings. The third-order valence-electron chi connectivity index (χ3n) is 2.35. The van der Waals surface area contributed by atoms with Gasteiger partial charge in [-0.1, -0.05) is 0 Å². The van der Waals surface area contributed by atoms with Gasteiger partial charge in [0.1, 0.15) is 0 Å². The summed E-state index contributed by atoms with van der Waals surface area (Å²) in [5.74, 6) is 0.625. The Morgan fingerprint density at radius 3 is 2.73 bits per heavy atom. The van der Waals surface area contributed by atoms with E-state index in [1.807, 2.05) is 20.8 Å². The summed E-state index contributed by atoms with van der Waals surface area (Å²) in [7, 11) is 0. The van der Waals surface area contributed by atoms with Gasteiger partial charge in [-0.05, 0) is 39.5 Å². The average molecular weight is 214 g/mol. The molecule has 88 valence electrons. The van der Waals surface area contributed by atoms with Crippen LogP contribution in [0.1, 0.15) is 33.6 Å². The first-order chi connectivity index (χ1) is 6.97. The molecule has 0 aromatic carbocycles. The Morgan fingerprint density at radius 1 is 1.47 bits per heavy atom. The van der Waals surface area contributed by atoms with E-state index >= 15 is 0 Å². The van der Waals surface area contributed by atoms with Gasteiger partial charge in [0.2, 0.25) is 0 Å². The van der Waals surface area contributed by atoms with E-state index in [0.29, 0.717) is 5.92 Å². The molecule has 1 aliphatic heterocycles. The molecule has 4 nitrogen and oxygen atoms in total. The van der Waals surface area contributed by atoms with E-state index in [2.05, 4.69) is 10.6 Å². The molecule has 15 heavy (non-hydrogen) atoms. The van der Waals surface area contributed by atoms with Crippen molar-refractivity contribution < 1.29 is 9.53 Å². The van der Waals surface area contributed by atoms with E-state index in [-0.39, 0.29) is 11.6 Å². The Hall–Kier alpha value is -0.770. The number of urea groups is 1. The van der Waals surface area contributed by atoms with Gasteiger partial charge in [0.25, 0.3) is 0 Å². The van der Waals surface area contributed by atoms with Crippen LogP contribution in [0.4, 0.5) is 4.79 Å². The minimum atomic E-state index is -0.166. The second-order valence-corrected chi connectivity index (χ2v) is 5.15. The van der Waals surface area contributed by atoms with Gasteiger partial charge in [-0.15, -0.1) is 0 Å². The zero-order valence-electron chi connectivity index (χ0n) is 9.93. The molecule has 1 fully saturated rings. The average Bonchev–Trinajstić information content (AvgIpc) is 2.53. The Kier molecular flexibility index (Phi) is 4.39. The molecule has 1 saturated heterocycles. The van der Waals surface area contributed by atoms with Crippen LogP contribution in [-0.4, -0.2) is 31.3 Å². The predicted octanol–water partition coefficient (Wildman–Crippen LogP) is 1.51. The maximum atomic E-state index is 11.4. The van der Waals surface area contributed by atoms with Crippen molar-refractivity contribution in [1.29, 1.82) is 0 Å². The lowest BCUT2D eigenvalue weighted by molar-refractivity contribution is 0.184. The smallest absolute Gasteiger partial charge is 0.315 e. The van der Waals surface area contributed by atoms with Crippen molar-refractivity contribution in [2.45, 2.75) is 39.2 Å². The number of ether oxygens (including phenoxy) is 1. The number of carbonyl (C=O) groups is 1. The number of nitrogens with one attached hydrogen (secondary N) is 2. The van der Waals surface area contributed by atoms with Crippen molar-refractivity contribution >= 4 is 6.03 Å². The quantitative estimate of drug-likeness (QED) is 0.748. The molecular weight excluding hydrogens is 192 g/mol. The minimum absolute atomic E-state index is 0.0820. The summed E-state index contributed by atoms with van der Waals surface area (Å²) in [6.07, 6.45) is 2.14. The molecule has 0 aromatic rings. The molecule has 0 aromatic heterocycles. The van der Waals surface area contributed by atoms with Crippen LogP contribution < -0.4 is 10.6 Å². The molecule has 2 amide bonds. The zero-order valence-corrected chi connectivity index (χ0v) is 9.93. The van der Waals surface area contributed by atoms with Crippen LogP contribution in [0.5, 0.6) is 0 Å². The molecule has 0 radical (unpaired) electrons. The highest BCUT2D eigenvalue weighted by Crippen LogP contribution is 2.15. The Bertz CT molecular complexity index is 205. The Labute approximate surface area is 91.8 Å². The van der Waals surface area contributed by atoms with Crippen molar-refractivity contribution in [3.05, 3.63) is 0 Å². The highest BCUT2D eigenvalue weighted by Gasteiger charge is 2.16. The maximum absolute atomic E-state index is 11.4. The van der Waals surface area contributed by atoms with Gasteiger partial charge in [-0.25, -0.2) is 4.79 Å². The number of rotatable bonds is 3. The predicted molar refractivity (Wildman–Crippen MR) is 59.8 cm³/mol. The van der Waals surface area contributed by atoms with E-state index in [1.54, 1.807) is 0 Å². The Balaban J connectivity index is 2.06. The van der Waals surface area contributed by atoms with Crippen LogP contribution in [0.2, 0.25) is 0 Å². The van der Waals surface area contributed by atoms with E-state index in [4.69, 9.17) is 4.74 Å². The van der Waals surface area contributed by atoms with Gasteiger partial charge < -0.3 is 15.4 Å². The lowest BCUT2D eigenvalue weighted by atomic mass is 10.1. The third-order valence-corrected chi connectivity index (χ3v) is 2.35. The minimum Gasteiger partial charge on any atom is -0.381 e. The lowest BCUT2D eigenvalue weighted by Gasteiger charge is -2.21. The fourth-order valence-electron chi connectivity index (χ4n) is 1.59. The van der Waals surface area contributed by atoms with Crippen molar-refractivity contribution in [2.24, 2.45) is 5.92 Å². The summed E-state index contributed by atoms with van der Waals surface area (Å²) in [4.78, 5) is 11.4. The monoisotopic (exact) mass is 214 g/mol. The Morgan fingerprint density at radius 2 is 2.20 bits per heavy atom. The number of hydrogen-bond donors (Lipinski definition) is 2. The third kappa shape index (κ3) is 5.62. The molecule has 0 saturated carbocycles. The zero-order chi connectivity index (χ0) is 11.3. The van der Waals surface area contributed by atoms with Crippen LogP contribution >= 0.6 is 0 Å². The molecule has 1 unspecified atom stereocenters. The first kappa shape index (κ1) is 12.3. The van der Waals surface area contributed by atoms with Crippen LogP contribution in [0.15, 0.2) is 0 Å². The van der Waals surface area contributed by atoms with Crippen LogP contribution in [0.25, 0.3) is 0 Å². The molecule has 4 heteroatoms. The summed E-state index contributed by atoms with van der Waals surface area (Å²) in [6, 6.07) is -0.0820. The number of carbonyl (C=O) groups excluding carboxylic acids is 1. The summed E-state index contributed by atoms with van der Waals surface area (Å²) >= 11 is 0. The van der Waals surface area contributed by atoms with Gasteiger partial charge in [0.15, 0.2) is 0 Å². The normalized spacial score (nSPS) is 21.4. The SMILES string of the molecule is CC(C)(C)NC(=O)NCCC1CCOC1. The van der Waals surface area contributed by atoms with E-state index in [1.165, 1.54) is 0 Å². The van der Waals surface area contributed by atoms with Gasteiger partial charge in [-0.2, -0.15) is 0 Å². The standard InChI is InChI=1S/C11H22N2O2/c1-11(2,3)13-10(14)12-6-4-9-5-7-15-8-9/h9H,4-8H2,1-3H3,(H2,12,13,14). The maximum Gasteiger partial charge on any atom is 0.315 e. The van der Waals surface area contributed by atoms with Crippen LogP contribution in [0, 0.1) is 5.92 Å². The van der Waals surface area contributed by atoms with Gasteiger partial charge >= 0.3 is 6.03 Å². The van der Waals surface area contributed by atoms with Crippen molar-refractivity contribution in [3.8, 4) is 0 Å². The summed E-state index contributed by atoms with van der Waals surface area (Å²) < 4.78 is 5.27. The van der Waals surface area contributed by atoms with Gasteiger partial charge in [0.05, 0.1) is 0 Å². The van der Waals surface area contributed by atoms with Crippen molar-refractivity contribution in [2.75, 3.05) is 19.8 Å². The first-order valence-corrected chi connectivity index (χ1v) is 5.61. The molecular formula is C11H22N2O2. The van der Waals surface area contributed by atoms with Crippen LogP contribution in [-0.2, 0) is 4.74 Å². The van der Waals surface area contributed by atoms with Crippen LogP contribution in [0.3, 0.4) is 0 Å². The fourth-order valence-corrected chi connectivity index (χ4v) is 1.59. The molecule has 0 spiro atoms. The second kappa shape index (κ2) is 5.35. The summed E-state index contributed by atoms with van der Waals surface area (Å²) in [6.45, 7) is 8.36. The number of hydrogen-bond acceptors (Lipinski definition) is 2. The topological polar surface area (TPSA) is 50.4 Å². The van der Waals surface area contributed by atoms with E-state index < -0.39 is 0 Å². The second-order valence-electron chi connectivity index (χ2n) is 5.15. The summed E-state index contributed by atoms with van der Waals surface area (Å²) in [5, 5.41) is 5.72. The molecule has 1 atom stereocenters. The van der Waals surface area contributed by atoms with Crippen molar-refractivity contribution in [1.82, 2.24) is 10.6 Å². The largest absolute Gasteiger partial charge is 0.381 e.